The topological polar surface area (TPSA) is 92.9 Å². The van der Waals surface area contributed by atoms with Crippen LogP contribution in [0, 0.1) is 0 Å². The van der Waals surface area contributed by atoms with E-state index in [2.05, 4.69) is 20.6 Å². The van der Waals surface area contributed by atoms with Gasteiger partial charge in [0.2, 0.25) is 5.95 Å². The van der Waals surface area contributed by atoms with Gasteiger partial charge in [0.05, 0.1) is 5.69 Å². The lowest BCUT2D eigenvalue weighted by Crippen LogP contribution is -2.15. The van der Waals surface area contributed by atoms with Crippen LogP contribution in [0.5, 0.6) is 0 Å². The first-order chi connectivity index (χ1) is 11.2. The maximum absolute atomic E-state index is 12.4. The van der Waals surface area contributed by atoms with Crippen LogP contribution < -0.4 is 16.4 Å². The molecule has 2 aliphatic rings. The second kappa shape index (κ2) is 5.53. The van der Waals surface area contributed by atoms with Crippen molar-refractivity contribution >= 4 is 23.4 Å². The van der Waals surface area contributed by atoms with Crippen molar-refractivity contribution in [3.05, 3.63) is 41.6 Å². The average molecular weight is 309 g/mol. The minimum atomic E-state index is -0.213. The highest BCUT2D eigenvalue weighted by Crippen LogP contribution is 2.40. The van der Waals surface area contributed by atoms with E-state index >= 15 is 0 Å². The van der Waals surface area contributed by atoms with Crippen molar-refractivity contribution < 1.29 is 4.79 Å². The fourth-order valence-electron chi connectivity index (χ4n) is 2.46. The quantitative estimate of drug-likeness (QED) is 0.738. The molecule has 1 aromatic carbocycles. The lowest BCUT2D eigenvalue weighted by molar-refractivity contribution is 0.102. The number of carbonyl (C=O) groups excluding carboxylic acids is 1. The predicted molar refractivity (Wildman–Crippen MR) is 89.5 cm³/mol. The van der Waals surface area contributed by atoms with E-state index in [0.717, 1.165) is 31.4 Å². The molecule has 0 unspecified atom stereocenters. The normalized spacial score (nSPS) is 16.9. The Hall–Kier alpha value is -2.63. The lowest BCUT2D eigenvalue weighted by Gasteiger charge is -2.10. The Morgan fingerprint density at radius 2 is 1.96 bits per heavy atom. The van der Waals surface area contributed by atoms with Crippen molar-refractivity contribution in [2.24, 2.45) is 0 Å². The number of nitrogen functional groups attached to an aromatic ring is 1. The molecule has 1 amide bonds. The summed E-state index contributed by atoms with van der Waals surface area (Å²) >= 11 is 0. The number of rotatable bonds is 5. The van der Waals surface area contributed by atoms with Gasteiger partial charge < -0.3 is 16.4 Å². The molecule has 0 saturated heterocycles. The van der Waals surface area contributed by atoms with Crippen molar-refractivity contribution in [1.29, 1.82) is 0 Å². The molecule has 1 heterocycles. The molecule has 23 heavy (non-hydrogen) atoms. The van der Waals surface area contributed by atoms with E-state index in [1.807, 2.05) is 6.07 Å². The molecule has 2 saturated carbocycles. The highest BCUT2D eigenvalue weighted by Gasteiger charge is 2.28. The number of hydrogen-bond donors (Lipinski definition) is 3. The Morgan fingerprint density at radius 3 is 2.65 bits per heavy atom. The molecule has 118 valence electrons. The minimum absolute atomic E-state index is 0.213. The van der Waals surface area contributed by atoms with E-state index in [-0.39, 0.29) is 5.91 Å². The molecule has 1 aromatic heterocycles. The smallest absolute Gasteiger partial charge is 0.256 e. The summed E-state index contributed by atoms with van der Waals surface area (Å²) in [6, 6.07) is 9.26. The van der Waals surface area contributed by atoms with Crippen LogP contribution in [-0.4, -0.2) is 21.9 Å². The summed E-state index contributed by atoms with van der Waals surface area (Å²) in [7, 11) is 0. The van der Waals surface area contributed by atoms with E-state index in [1.165, 1.54) is 0 Å². The number of amides is 1. The summed E-state index contributed by atoms with van der Waals surface area (Å²) in [4.78, 5) is 21.4. The first-order valence-electron chi connectivity index (χ1n) is 8.00. The maximum Gasteiger partial charge on any atom is 0.256 e. The van der Waals surface area contributed by atoms with Crippen LogP contribution in [0.25, 0.3) is 0 Å². The summed E-state index contributed by atoms with van der Waals surface area (Å²) in [6.07, 6.45) is 4.62. The SMILES string of the molecule is Nc1cccc(C(=O)Nc2cc(C3CC3)nc(NC3CC3)n2)c1. The standard InChI is InChI=1S/C17H19N5O/c18-12-3-1-2-11(8-12)16(23)21-15-9-14(10-4-5-10)20-17(22-15)19-13-6-7-13/h1-3,8-10,13H,4-7,18H2,(H2,19,20,21,22,23). The molecule has 6 heteroatoms. The van der Waals surface area contributed by atoms with Crippen molar-refractivity contribution in [1.82, 2.24) is 9.97 Å². The molecule has 6 nitrogen and oxygen atoms in total. The van der Waals surface area contributed by atoms with Crippen LogP contribution in [-0.2, 0) is 0 Å². The Labute approximate surface area is 134 Å². The van der Waals surface area contributed by atoms with Crippen molar-refractivity contribution in [2.75, 3.05) is 16.4 Å². The molecule has 4 rings (SSSR count). The zero-order valence-corrected chi connectivity index (χ0v) is 12.7. The lowest BCUT2D eigenvalue weighted by atomic mass is 10.2. The Kier molecular flexibility index (Phi) is 3.37. The fraction of sp³-hybridized carbons (Fsp3) is 0.353. The molecule has 2 aromatic rings. The third kappa shape index (κ3) is 3.41. The molecular weight excluding hydrogens is 290 g/mol. The Morgan fingerprint density at radius 1 is 1.13 bits per heavy atom. The summed E-state index contributed by atoms with van der Waals surface area (Å²) < 4.78 is 0. The van der Waals surface area contributed by atoms with Crippen LogP contribution in [0.3, 0.4) is 0 Å². The first kappa shape index (κ1) is 14.0. The second-order valence-electron chi connectivity index (χ2n) is 6.27. The van der Waals surface area contributed by atoms with Crippen molar-refractivity contribution in [2.45, 2.75) is 37.6 Å². The molecule has 2 aliphatic carbocycles. The van der Waals surface area contributed by atoms with Gasteiger partial charge in [-0.25, -0.2) is 4.98 Å². The minimum Gasteiger partial charge on any atom is -0.399 e. The van der Waals surface area contributed by atoms with E-state index in [1.54, 1.807) is 24.3 Å². The number of benzene rings is 1. The fourth-order valence-corrected chi connectivity index (χ4v) is 2.46. The molecule has 0 radical (unpaired) electrons. The van der Waals surface area contributed by atoms with Crippen LogP contribution >= 0.6 is 0 Å². The van der Waals surface area contributed by atoms with Crippen LogP contribution in [0.2, 0.25) is 0 Å². The highest BCUT2D eigenvalue weighted by molar-refractivity contribution is 6.04. The van der Waals surface area contributed by atoms with Gasteiger partial charge in [-0.05, 0) is 43.9 Å². The largest absolute Gasteiger partial charge is 0.399 e. The van der Waals surface area contributed by atoms with Crippen LogP contribution in [0.4, 0.5) is 17.5 Å². The zero-order valence-electron chi connectivity index (χ0n) is 12.7. The van der Waals surface area contributed by atoms with E-state index < -0.39 is 0 Å². The molecule has 0 atom stereocenters. The Bertz CT molecular complexity index is 752. The van der Waals surface area contributed by atoms with Gasteiger partial charge in [-0.3, -0.25) is 4.79 Å². The molecule has 0 bridgehead atoms. The molecule has 0 aliphatic heterocycles. The van der Waals surface area contributed by atoms with E-state index in [0.29, 0.717) is 35.0 Å². The molecule has 0 spiro atoms. The maximum atomic E-state index is 12.4. The number of nitrogens with zero attached hydrogens (tertiary/aromatic N) is 2. The number of hydrogen-bond acceptors (Lipinski definition) is 5. The summed E-state index contributed by atoms with van der Waals surface area (Å²) in [5, 5.41) is 6.16. The van der Waals surface area contributed by atoms with E-state index in [9.17, 15) is 4.79 Å². The molecule has 4 N–H and O–H groups in total. The van der Waals surface area contributed by atoms with Gasteiger partial charge >= 0.3 is 0 Å². The number of nitrogens with one attached hydrogen (secondary N) is 2. The van der Waals surface area contributed by atoms with Gasteiger partial charge in [0, 0.05) is 29.3 Å². The van der Waals surface area contributed by atoms with Crippen molar-refractivity contribution in [3.8, 4) is 0 Å². The number of anilines is 3. The van der Waals surface area contributed by atoms with Gasteiger partial charge in [0.1, 0.15) is 5.82 Å². The summed E-state index contributed by atoms with van der Waals surface area (Å²) in [6.45, 7) is 0. The third-order valence-electron chi connectivity index (χ3n) is 4.04. The van der Waals surface area contributed by atoms with Gasteiger partial charge in [0.15, 0.2) is 0 Å². The third-order valence-corrected chi connectivity index (χ3v) is 4.04. The number of nitrogens with two attached hydrogens (primary N) is 1. The van der Waals surface area contributed by atoms with Gasteiger partial charge in [-0.1, -0.05) is 6.07 Å². The highest BCUT2D eigenvalue weighted by atomic mass is 16.1. The number of aromatic nitrogens is 2. The van der Waals surface area contributed by atoms with Crippen molar-refractivity contribution in [3.63, 3.8) is 0 Å². The predicted octanol–water partition coefficient (Wildman–Crippen LogP) is 2.76. The summed E-state index contributed by atoms with van der Waals surface area (Å²) in [5.74, 6) is 1.44. The van der Waals surface area contributed by atoms with Gasteiger partial charge in [-0.2, -0.15) is 4.98 Å². The Balaban J connectivity index is 1.57. The second-order valence-corrected chi connectivity index (χ2v) is 6.27. The van der Waals surface area contributed by atoms with E-state index in [4.69, 9.17) is 5.73 Å². The van der Waals surface area contributed by atoms with Crippen LogP contribution in [0.15, 0.2) is 30.3 Å². The summed E-state index contributed by atoms with van der Waals surface area (Å²) in [5.41, 5.74) is 7.82. The van der Waals surface area contributed by atoms with Gasteiger partial charge in [0.25, 0.3) is 5.91 Å². The number of carbonyl (C=O) groups is 1. The first-order valence-corrected chi connectivity index (χ1v) is 8.00. The molecular formula is C17H19N5O. The average Bonchev–Trinajstić information content (AvgIpc) is 3.41. The molecule has 2 fully saturated rings. The zero-order chi connectivity index (χ0) is 15.8. The van der Waals surface area contributed by atoms with Gasteiger partial charge in [-0.15, -0.1) is 0 Å². The monoisotopic (exact) mass is 309 g/mol. The van der Waals surface area contributed by atoms with Crippen LogP contribution in [0.1, 0.15) is 47.7 Å².